The number of hydrogen-bond acceptors (Lipinski definition) is 4. The van der Waals surface area contributed by atoms with Gasteiger partial charge in [0.05, 0.1) is 24.4 Å². The van der Waals surface area contributed by atoms with Crippen molar-refractivity contribution in [3.63, 3.8) is 0 Å². The molecule has 0 spiro atoms. The molecule has 1 heterocycles. The van der Waals surface area contributed by atoms with Crippen molar-refractivity contribution < 1.29 is 23.5 Å². The fourth-order valence-electron chi connectivity index (χ4n) is 3.20. The predicted molar refractivity (Wildman–Crippen MR) is 109 cm³/mol. The zero-order chi connectivity index (χ0) is 21.0. The Hall–Kier alpha value is -3.41. The van der Waals surface area contributed by atoms with Crippen LogP contribution in [-0.4, -0.2) is 25.1 Å². The molecule has 1 aliphatic rings. The lowest BCUT2D eigenvalue weighted by molar-refractivity contribution is -0.138. The molecule has 3 rings (SSSR count). The molecule has 1 amide bonds. The van der Waals surface area contributed by atoms with Crippen molar-refractivity contribution in [1.82, 2.24) is 0 Å². The quantitative estimate of drug-likeness (QED) is 0.534. The summed E-state index contributed by atoms with van der Waals surface area (Å²) < 4.78 is 24.8. The van der Waals surface area contributed by atoms with Gasteiger partial charge in [0.15, 0.2) is 0 Å². The first-order valence-electron chi connectivity index (χ1n) is 9.39. The van der Waals surface area contributed by atoms with Gasteiger partial charge in [0.1, 0.15) is 11.6 Å². The van der Waals surface area contributed by atoms with Crippen molar-refractivity contribution in [3.05, 3.63) is 76.8 Å². The Morgan fingerprint density at radius 1 is 1.07 bits per heavy atom. The monoisotopic (exact) mass is 395 g/mol. The van der Waals surface area contributed by atoms with Gasteiger partial charge in [-0.1, -0.05) is 18.2 Å². The summed E-state index contributed by atoms with van der Waals surface area (Å²) in [6.45, 7) is 5.94. The lowest BCUT2D eigenvalue weighted by Crippen LogP contribution is -2.24. The van der Waals surface area contributed by atoms with Crippen molar-refractivity contribution in [2.45, 2.75) is 20.8 Å². The minimum atomic E-state index is -0.616. The number of rotatable bonds is 6. The minimum Gasteiger partial charge on any atom is -0.494 e. The van der Waals surface area contributed by atoms with Crippen LogP contribution in [0.1, 0.15) is 26.3 Å². The Bertz CT molecular complexity index is 992. The number of esters is 1. The van der Waals surface area contributed by atoms with Crippen LogP contribution in [0.5, 0.6) is 5.75 Å². The molecule has 0 N–H and O–H groups in total. The smallest absolute Gasteiger partial charge is 0.340 e. The van der Waals surface area contributed by atoms with Gasteiger partial charge in [0.25, 0.3) is 5.91 Å². The molecule has 1 aliphatic heterocycles. The second-order valence-corrected chi connectivity index (χ2v) is 6.33. The van der Waals surface area contributed by atoms with Crippen LogP contribution < -0.4 is 9.64 Å². The van der Waals surface area contributed by atoms with E-state index in [0.29, 0.717) is 23.7 Å². The van der Waals surface area contributed by atoms with E-state index < -0.39 is 17.7 Å². The molecular formula is C23H22FNO4. The second kappa shape index (κ2) is 8.73. The Kier molecular flexibility index (Phi) is 6.12. The molecule has 2 aromatic rings. The van der Waals surface area contributed by atoms with Crippen LogP contribution >= 0.6 is 0 Å². The molecule has 0 fully saturated rings. The van der Waals surface area contributed by atoms with Crippen LogP contribution in [-0.2, 0) is 14.3 Å². The first-order valence-corrected chi connectivity index (χ1v) is 9.39. The number of amides is 1. The molecule has 5 nitrogen and oxygen atoms in total. The second-order valence-electron chi connectivity index (χ2n) is 6.33. The highest BCUT2D eigenvalue weighted by Gasteiger charge is 2.38. The lowest BCUT2D eigenvalue weighted by Gasteiger charge is -2.18. The number of hydrogen-bond donors (Lipinski definition) is 0. The third kappa shape index (κ3) is 4.06. The first-order chi connectivity index (χ1) is 14.0. The molecule has 0 bridgehead atoms. The highest BCUT2D eigenvalue weighted by atomic mass is 19.1. The average molecular weight is 395 g/mol. The summed E-state index contributed by atoms with van der Waals surface area (Å²) in [6, 6.07) is 13.1. The van der Waals surface area contributed by atoms with Gasteiger partial charge in [0.2, 0.25) is 0 Å². The van der Waals surface area contributed by atoms with Crippen LogP contribution in [0.25, 0.3) is 6.08 Å². The third-order valence-corrected chi connectivity index (χ3v) is 4.49. The zero-order valence-corrected chi connectivity index (χ0v) is 16.6. The summed E-state index contributed by atoms with van der Waals surface area (Å²) in [7, 11) is 0. The summed E-state index contributed by atoms with van der Waals surface area (Å²) in [5.41, 5.74) is 1.46. The van der Waals surface area contributed by atoms with Crippen molar-refractivity contribution in [1.29, 1.82) is 0 Å². The lowest BCUT2D eigenvalue weighted by atomic mass is 10.0. The first kappa shape index (κ1) is 20.3. The maximum atomic E-state index is 14.2. The fourth-order valence-corrected chi connectivity index (χ4v) is 3.20. The van der Waals surface area contributed by atoms with Crippen molar-refractivity contribution in [2.75, 3.05) is 18.1 Å². The third-order valence-electron chi connectivity index (χ3n) is 4.49. The van der Waals surface area contributed by atoms with Gasteiger partial charge in [-0.05, 0) is 57.2 Å². The van der Waals surface area contributed by atoms with Gasteiger partial charge in [-0.2, -0.15) is 0 Å². The van der Waals surface area contributed by atoms with Gasteiger partial charge in [-0.3, -0.25) is 9.69 Å². The van der Waals surface area contributed by atoms with Crippen molar-refractivity contribution in [3.8, 4) is 5.75 Å². The van der Waals surface area contributed by atoms with Gasteiger partial charge in [0, 0.05) is 16.9 Å². The maximum Gasteiger partial charge on any atom is 0.340 e. The standard InChI is InChI=1S/C23H22FNO4/c1-4-28-18-12-10-17(11-13-18)25-15(3)21(23(27)29-5-2)19(22(25)26)14-16-8-6-7-9-20(16)24/h6-14H,4-5H2,1-3H3/b19-14-. The van der Waals surface area contributed by atoms with Crippen molar-refractivity contribution >= 4 is 23.6 Å². The highest BCUT2D eigenvalue weighted by Crippen LogP contribution is 2.36. The van der Waals surface area contributed by atoms with Gasteiger partial charge < -0.3 is 9.47 Å². The number of carbonyl (C=O) groups excluding carboxylic acids is 2. The Balaban J connectivity index is 2.08. The van der Waals surface area contributed by atoms with E-state index in [4.69, 9.17) is 9.47 Å². The normalized spacial score (nSPS) is 15.2. The molecule has 0 aliphatic carbocycles. The van der Waals surface area contributed by atoms with Crippen LogP contribution in [0.15, 0.2) is 65.4 Å². The maximum absolute atomic E-state index is 14.2. The number of ether oxygens (including phenoxy) is 2. The fraction of sp³-hybridized carbons (Fsp3) is 0.217. The number of carbonyl (C=O) groups is 2. The molecule has 150 valence electrons. The van der Waals surface area contributed by atoms with Crippen LogP contribution in [0.3, 0.4) is 0 Å². The van der Waals surface area contributed by atoms with E-state index in [-0.39, 0.29) is 23.3 Å². The molecule has 0 atom stereocenters. The summed E-state index contributed by atoms with van der Waals surface area (Å²) in [5, 5.41) is 0. The summed E-state index contributed by atoms with van der Waals surface area (Å²) in [5.74, 6) is -0.835. The van der Waals surface area contributed by atoms with E-state index in [2.05, 4.69) is 0 Å². The SMILES string of the molecule is CCOC(=O)C1=C(C)N(c2ccc(OCC)cc2)C(=O)/C1=C\c1ccccc1F. The number of nitrogens with zero attached hydrogens (tertiary/aromatic N) is 1. The molecule has 29 heavy (non-hydrogen) atoms. The Morgan fingerprint density at radius 3 is 2.38 bits per heavy atom. The molecule has 0 aromatic heterocycles. The van der Waals surface area contributed by atoms with Gasteiger partial charge in [-0.15, -0.1) is 0 Å². The summed E-state index contributed by atoms with van der Waals surface area (Å²) >= 11 is 0. The molecule has 0 unspecified atom stereocenters. The van der Waals surface area contributed by atoms with Gasteiger partial charge in [-0.25, -0.2) is 9.18 Å². The summed E-state index contributed by atoms with van der Waals surface area (Å²) in [6.07, 6.45) is 1.39. The number of allylic oxidation sites excluding steroid dienone is 1. The predicted octanol–water partition coefficient (Wildman–Crippen LogP) is 4.49. The zero-order valence-electron chi connectivity index (χ0n) is 16.6. The molecular weight excluding hydrogens is 373 g/mol. The topological polar surface area (TPSA) is 55.8 Å². The molecule has 6 heteroatoms. The molecule has 0 radical (unpaired) electrons. The average Bonchev–Trinajstić information content (AvgIpc) is 2.95. The summed E-state index contributed by atoms with van der Waals surface area (Å²) in [4.78, 5) is 27.2. The van der Waals surface area contributed by atoms with E-state index in [1.54, 1.807) is 56.3 Å². The van der Waals surface area contributed by atoms with Gasteiger partial charge >= 0.3 is 5.97 Å². The van der Waals surface area contributed by atoms with E-state index in [0.717, 1.165) is 0 Å². The van der Waals surface area contributed by atoms with Crippen LogP contribution in [0.2, 0.25) is 0 Å². The largest absolute Gasteiger partial charge is 0.494 e. The van der Waals surface area contributed by atoms with E-state index in [1.807, 2.05) is 6.92 Å². The molecule has 0 saturated carbocycles. The van der Waals surface area contributed by atoms with Crippen LogP contribution in [0, 0.1) is 5.82 Å². The number of halogens is 1. The molecule has 0 saturated heterocycles. The number of anilines is 1. The van der Waals surface area contributed by atoms with E-state index in [9.17, 15) is 14.0 Å². The van der Waals surface area contributed by atoms with Crippen LogP contribution in [0.4, 0.5) is 10.1 Å². The molecule has 2 aromatic carbocycles. The minimum absolute atomic E-state index is 0.0972. The van der Waals surface area contributed by atoms with Crippen molar-refractivity contribution in [2.24, 2.45) is 0 Å². The Labute approximate surface area is 169 Å². The number of benzene rings is 2. The highest BCUT2D eigenvalue weighted by molar-refractivity contribution is 6.23. The van der Waals surface area contributed by atoms with E-state index in [1.165, 1.54) is 17.0 Å². The Morgan fingerprint density at radius 2 is 1.76 bits per heavy atom. The van der Waals surface area contributed by atoms with E-state index >= 15 is 0 Å².